The lowest BCUT2D eigenvalue weighted by atomic mass is 9.95. The molecule has 15 heteroatoms. The molecule has 1 heterocycles. The Morgan fingerprint density at radius 3 is 2.16 bits per heavy atom. The van der Waals surface area contributed by atoms with Gasteiger partial charge in [-0.05, 0) is 49.8 Å². The SMILES string of the molecule is Cc1ccc(NC(=O)C(=O)N[C@@H](CC(C)C)C(=O)N[C@@H](C[C@@H]2CCNC2=O)C(=O)COc2c(F)c(F)cc(F)c2F)c(F)c1. The molecule has 44 heavy (non-hydrogen) atoms. The van der Waals surface area contributed by atoms with Gasteiger partial charge in [0.05, 0.1) is 11.7 Å². The van der Waals surface area contributed by atoms with Crippen molar-refractivity contribution in [1.82, 2.24) is 16.0 Å². The van der Waals surface area contributed by atoms with E-state index < -0.39 is 88.9 Å². The number of ketones is 1. The number of ether oxygens (including phenoxy) is 1. The van der Waals surface area contributed by atoms with Crippen molar-refractivity contribution in [3.63, 3.8) is 0 Å². The highest BCUT2D eigenvalue weighted by molar-refractivity contribution is 6.40. The molecule has 0 radical (unpaired) electrons. The maximum Gasteiger partial charge on any atom is 0.313 e. The van der Waals surface area contributed by atoms with Gasteiger partial charge >= 0.3 is 11.8 Å². The molecule has 1 aliphatic heterocycles. The zero-order valence-electron chi connectivity index (χ0n) is 24.0. The summed E-state index contributed by atoms with van der Waals surface area (Å²) in [5.41, 5.74) is 0.300. The van der Waals surface area contributed by atoms with Gasteiger partial charge in [-0.2, -0.15) is 8.78 Å². The lowest BCUT2D eigenvalue weighted by Crippen LogP contribution is -2.54. The fourth-order valence-corrected chi connectivity index (χ4v) is 4.45. The molecule has 3 atom stereocenters. The van der Waals surface area contributed by atoms with Crippen LogP contribution in [0, 0.1) is 47.8 Å². The number of carbonyl (C=O) groups is 5. The monoisotopic (exact) mass is 626 g/mol. The fourth-order valence-electron chi connectivity index (χ4n) is 4.45. The van der Waals surface area contributed by atoms with Gasteiger partial charge < -0.3 is 26.0 Å². The number of amides is 4. The van der Waals surface area contributed by atoms with Crippen LogP contribution in [-0.2, 0) is 24.0 Å². The van der Waals surface area contributed by atoms with E-state index in [4.69, 9.17) is 4.74 Å². The van der Waals surface area contributed by atoms with Gasteiger partial charge in [-0.15, -0.1) is 0 Å². The Morgan fingerprint density at radius 2 is 1.59 bits per heavy atom. The normalized spacial score (nSPS) is 15.8. The molecular formula is C29H31F5N4O6. The van der Waals surface area contributed by atoms with Gasteiger partial charge in [0.1, 0.15) is 18.5 Å². The molecule has 1 saturated heterocycles. The standard InChI is InChI=1S/C29H31F5N4O6/c1-13(2)8-21(38-29(43)28(42)36-19-5-4-14(3)9-16(19)30)27(41)37-20(10-15-6-7-35-26(15)40)22(39)12-44-25-23(33)17(31)11-18(32)24(25)34/h4-5,9,11,13,15,20-21H,6-8,10,12H2,1-3H3,(H,35,40)(H,36,42)(H,37,41)(H,38,43)/t15-,20-,21-/m0/s1. The summed E-state index contributed by atoms with van der Waals surface area (Å²) in [6.45, 7) is 4.17. The topological polar surface area (TPSA) is 143 Å². The van der Waals surface area contributed by atoms with Crippen LogP contribution in [0.4, 0.5) is 27.6 Å². The lowest BCUT2D eigenvalue weighted by molar-refractivity contribution is -0.138. The second kappa shape index (κ2) is 14.8. The van der Waals surface area contributed by atoms with Crippen LogP contribution in [0.3, 0.4) is 0 Å². The molecule has 1 fully saturated rings. The van der Waals surface area contributed by atoms with Crippen molar-refractivity contribution in [2.45, 2.75) is 52.1 Å². The van der Waals surface area contributed by atoms with Crippen molar-refractivity contribution >= 4 is 35.1 Å². The summed E-state index contributed by atoms with van der Waals surface area (Å²) in [5, 5.41) is 9.29. The van der Waals surface area contributed by atoms with Crippen LogP contribution < -0.4 is 26.0 Å². The minimum Gasteiger partial charge on any atom is -0.479 e. The number of nitrogens with one attached hydrogen (secondary N) is 4. The largest absolute Gasteiger partial charge is 0.479 e. The Kier molecular flexibility index (Phi) is 11.4. The molecule has 2 aromatic rings. The molecule has 2 aromatic carbocycles. The van der Waals surface area contributed by atoms with Crippen LogP contribution >= 0.6 is 0 Å². The summed E-state index contributed by atoms with van der Waals surface area (Å²) in [7, 11) is 0. The number of anilines is 1. The van der Waals surface area contributed by atoms with Crippen LogP contribution in [0.5, 0.6) is 5.75 Å². The quantitative estimate of drug-likeness (QED) is 0.162. The Hall–Kier alpha value is -4.56. The second-order valence-corrected chi connectivity index (χ2v) is 10.7. The van der Waals surface area contributed by atoms with Crippen molar-refractivity contribution in [1.29, 1.82) is 0 Å². The van der Waals surface area contributed by atoms with Crippen molar-refractivity contribution in [3.8, 4) is 5.75 Å². The zero-order chi connectivity index (χ0) is 32.7. The molecule has 238 valence electrons. The molecular weight excluding hydrogens is 595 g/mol. The van der Waals surface area contributed by atoms with Crippen LogP contribution in [0.25, 0.3) is 0 Å². The summed E-state index contributed by atoms with van der Waals surface area (Å²) in [6.07, 6.45) is -0.0125. The van der Waals surface area contributed by atoms with Gasteiger partial charge in [-0.1, -0.05) is 19.9 Å². The first kappa shape index (κ1) is 33.9. The van der Waals surface area contributed by atoms with Gasteiger partial charge in [-0.25, -0.2) is 13.2 Å². The van der Waals surface area contributed by atoms with E-state index in [-0.39, 0.29) is 37.1 Å². The average Bonchev–Trinajstić information content (AvgIpc) is 3.36. The van der Waals surface area contributed by atoms with E-state index in [1.54, 1.807) is 20.8 Å². The first-order chi connectivity index (χ1) is 20.7. The minimum atomic E-state index is -1.88. The number of Topliss-reactive ketones (excluding diaryl/α,β-unsaturated/α-hetero) is 1. The van der Waals surface area contributed by atoms with E-state index in [2.05, 4.69) is 21.3 Å². The summed E-state index contributed by atoms with van der Waals surface area (Å²) >= 11 is 0. The van der Waals surface area contributed by atoms with Gasteiger partial charge in [0.25, 0.3) is 0 Å². The molecule has 0 bridgehead atoms. The van der Waals surface area contributed by atoms with Gasteiger partial charge in [0.15, 0.2) is 23.2 Å². The number of benzene rings is 2. The molecule has 0 spiro atoms. The van der Waals surface area contributed by atoms with Crippen LogP contribution in [0.1, 0.15) is 38.7 Å². The number of halogens is 5. The van der Waals surface area contributed by atoms with Gasteiger partial charge in [-0.3, -0.25) is 24.0 Å². The highest BCUT2D eigenvalue weighted by Gasteiger charge is 2.34. The molecule has 3 rings (SSSR count). The van der Waals surface area contributed by atoms with E-state index >= 15 is 0 Å². The number of hydrogen-bond acceptors (Lipinski definition) is 6. The molecule has 0 saturated carbocycles. The number of hydrogen-bond donors (Lipinski definition) is 4. The predicted octanol–water partition coefficient (Wildman–Crippen LogP) is 2.82. The Bertz CT molecular complexity index is 1430. The minimum absolute atomic E-state index is 0.0237. The molecule has 4 amide bonds. The Morgan fingerprint density at radius 1 is 0.932 bits per heavy atom. The third kappa shape index (κ3) is 8.74. The lowest BCUT2D eigenvalue weighted by Gasteiger charge is -2.25. The first-order valence-corrected chi connectivity index (χ1v) is 13.6. The van der Waals surface area contributed by atoms with E-state index in [1.165, 1.54) is 12.1 Å². The molecule has 1 aliphatic rings. The smallest absolute Gasteiger partial charge is 0.313 e. The van der Waals surface area contributed by atoms with E-state index in [1.807, 2.05) is 0 Å². The predicted molar refractivity (Wildman–Crippen MR) is 146 cm³/mol. The highest BCUT2D eigenvalue weighted by atomic mass is 19.2. The summed E-state index contributed by atoms with van der Waals surface area (Å²) < 4.78 is 74.1. The fraction of sp³-hybridized carbons (Fsp3) is 0.414. The summed E-state index contributed by atoms with van der Waals surface area (Å²) in [4.78, 5) is 63.7. The number of rotatable bonds is 12. The number of aryl methyl sites for hydroxylation is 1. The first-order valence-electron chi connectivity index (χ1n) is 13.6. The van der Waals surface area contributed by atoms with Crippen LogP contribution in [-0.4, -0.2) is 54.6 Å². The molecule has 0 aliphatic carbocycles. The number of carbonyl (C=O) groups excluding carboxylic acids is 5. The van der Waals surface area contributed by atoms with Crippen molar-refractivity contribution < 1.29 is 50.7 Å². The van der Waals surface area contributed by atoms with Crippen molar-refractivity contribution in [3.05, 3.63) is 58.9 Å². The van der Waals surface area contributed by atoms with E-state index in [9.17, 15) is 45.9 Å². The van der Waals surface area contributed by atoms with Gasteiger partial charge in [0.2, 0.25) is 23.4 Å². The molecule has 0 unspecified atom stereocenters. The highest BCUT2D eigenvalue weighted by Crippen LogP contribution is 2.27. The maximum atomic E-state index is 14.1. The molecule has 0 aromatic heterocycles. The zero-order valence-corrected chi connectivity index (χ0v) is 24.0. The second-order valence-electron chi connectivity index (χ2n) is 10.7. The van der Waals surface area contributed by atoms with Crippen molar-refractivity contribution in [2.24, 2.45) is 11.8 Å². The summed E-state index contributed by atoms with van der Waals surface area (Å²) in [6, 6.07) is 0.954. The molecule has 10 nitrogen and oxygen atoms in total. The van der Waals surface area contributed by atoms with Gasteiger partial charge in [0, 0.05) is 18.5 Å². The van der Waals surface area contributed by atoms with Crippen molar-refractivity contribution in [2.75, 3.05) is 18.5 Å². The Balaban J connectivity index is 1.76. The van der Waals surface area contributed by atoms with E-state index in [0.717, 1.165) is 6.07 Å². The summed E-state index contributed by atoms with van der Waals surface area (Å²) in [5.74, 6) is -15.5. The maximum absolute atomic E-state index is 14.1. The third-order valence-electron chi connectivity index (χ3n) is 6.73. The molecule has 4 N–H and O–H groups in total. The average molecular weight is 627 g/mol. The van der Waals surface area contributed by atoms with Crippen LogP contribution in [0.2, 0.25) is 0 Å². The Labute approximate surface area is 249 Å². The third-order valence-corrected chi connectivity index (χ3v) is 6.73. The van der Waals surface area contributed by atoms with Crippen LogP contribution in [0.15, 0.2) is 24.3 Å². The van der Waals surface area contributed by atoms with E-state index in [0.29, 0.717) is 12.0 Å².